The van der Waals surface area contributed by atoms with Crippen LogP contribution in [0, 0.1) is 13.8 Å². The van der Waals surface area contributed by atoms with Gasteiger partial charge in [0.1, 0.15) is 0 Å². The third-order valence-corrected chi connectivity index (χ3v) is 7.72. The number of benzene rings is 2. The predicted molar refractivity (Wildman–Crippen MR) is 128 cm³/mol. The minimum absolute atomic E-state index is 0.188. The molecule has 0 spiro atoms. The van der Waals surface area contributed by atoms with Crippen molar-refractivity contribution in [3.8, 4) is 0 Å². The molecule has 0 aliphatic carbocycles. The summed E-state index contributed by atoms with van der Waals surface area (Å²) in [4.78, 5) is 22.5. The Morgan fingerprint density at radius 3 is 2.50 bits per heavy atom. The van der Waals surface area contributed by atoms with E-state index in [1.54, 1.807) is 17.0 Å². The van der Waals surface area contributed by atoms with Crippen LogP contribution in [-0.4, -0.2) is 69.9 Å². The maximum Gasteiger partial charge on any atom is 0.260 e. The van der Waals surface area contributed by atoms with Crippen LogP contribution in [0.5, 0.6) is 0 Å². The molecule has 4 rings (SSSR count). The molecule has 0 saturated carbocycles. The zero-order valence-electron chi connectivity index (χ0n) is 18.5. The summed E-state index contributed by atoms with van der Waals surface area (Å²) in [5.74, 6) is -0.188. The molecule has 0 atom stereocenters. The van der Waals surface area contributed by atoms with Crippen molar-refractivity contribution in [1.82, 2.24) is 9.88 Å². The van der Waals surface area contributed by atoms with Crippen molar-refractivity contribution in [2.75, 3.05) is 50.5 Å². The highest BCUT2D eigenvalue weighted by molar-refractivity contribution is 7.90. The molecule has 9 heteroatoms. The second kappa shape index (κ2) is 9.27. The number of rotatable bonds is 6. The zero-order valence-corrected chi connectivity index (χ0v) is 20.1. The molecule has 1 fully saturated rings. The van der Waals surface area contributed by atoms with Crippen molar-refractivity contribution in [2.24, 2.45) is 0 Å². The molecule has 170 valence electrons. The van der Waals surface area contributed by atoms with Crippen molar-refractivity contribution in [1.29, 1.82) is 0 Å². The Labute approximate surface area is 192 Å². The molecule has 1 amide bonds. The Bertz CT molecular complexity index is 1230. The van der Waals surface area contributed by atoms with E-state index in [9.17, 15) is 13.2 Å². The SMILES string of the molecule is Cc1cc(C)c2nc(N(CCN3CCOCC3)C(=O)c3ccc(S(C)(=O)=O)cc3)sc2c1. The van der Waals surface area contributed by atoms with E-state index in [0.29, 0.717) is 37.0 Å². The molecule has 3 aromatic rings. The molecule has 0 unspecified atom stereocenters. The smallest absolute Gasteiger partial charge is 0.260 e. The van der Waals surface area contributed by atoms with Gasteiger partial charge < -0.3 is 4.74 Å². The van der Waals surface area contributed by atoms with Gasteiger partial charge in [-0.2, -0.15) is 0 Å². The second-order valence-corrected chi connectivity index (χ2v) is 11.2. The molecule has 2 heterocycles. The fraction of sp³-hybridized carbons (Fsp3) is 0.391. The van der Waals surface area contributed by atoms with Crippen molar-refractivity contribution < 1.29 is 17.9 Å². The van der Waals surface area contributed by atoms with Gasteiger partial charge in [-0.05, 0) is 55.3 Å². The van der Waals surface area contributed by atoms with E-state index in [0.717, 1.165) is 40.7 Å². The van der Waals surface area contributed by atoms with Crippen LogP contribution in [0.15, 0.2) is 41.3 Å². The fourth-order valence-electron chi connectivity index (χ4n) is 3.83. The van der Waals surface area contributed by atoms with Gasteiger partial charge in [0.25, 0.3) is 5.91 Å². The molecule has 1 saturated heterocycles. The van der Waals surface area contributed by atoms with Crippen LogP contribution in [0.3, 0.4) is 0 Å². The number of hydrogen-bond acceptors (Lipinski definition) is 7. The molecule has 2 aromatic carbocycles. The quantitative estimate of drug-likeness (QED) is 0.547. The molecule has 1 aliphatic heterocycles. The van der Waals surface area contributed by atoms with Gasteiger partial charge in [0.15, 0.2) is 15.0 Å². The highest BCUT2D eigenvalue weighted by Gasteiger charge is 2.23. The number of morpholine rings is 1. The van der Waals surface area contributed by atoms with E-state index in [4.69, 9.17) is 9.72 Å². The highest BCUT2D eigenvalue weighted by atomic mass is 32.2. The molecular formula is C23H27N3O4S2. The van der Waals surface area contributed by atoms with E-state index in [-0.39, 0.29) is 10.8 Å². The Kier molecular flexibility index (Phi) is 6.62. The number of carbonyl (C=O) groups excluding carboxylic acids is 1. The van der Waals surface area contributed by atoms with Gasteiger partial charge in [0.2, 0.25) is 0 Å². The number of aromatic nitrogens is 1. The number of hydrogen-bond donors (Lipinski definition) is 0. The summed E-state index contributed by atoms with van der Waals surface area (Å²) in [5.41, 5.74) is 3.59. The van der Waals surface area contributed by atoms with Crippen LogP contribution in [0.4, 0.5) is 5.13 Å². The Morgan fingerprint density at radius 1 is 1.16 bits per heavy atom. The summed E-state index contributed by atoms with van der Waals surface area (Å²) in [6.45, 7) is 8.35. The van der Waals surface area contributed by atoms with Gasteiger partial charge in [-0.25, -0.2) is 13.4 Å². The number of ether oxygens (including phenoxy) is 1. The largest absolute Gasteiger partial charge is 0.379 e. The van der Waals surface area contributed by atoms with Crippen LogP contribution in [0.1, 0.15) is 21.5 Å². The number of nitrogens with zero attached hydrogens (tertiary/aromatic N) is 3. The molecular weight excluding hydrogens is 446 g/mol. The number of thiazole rings is 1. The normalized spacial score (nSPS) is 15.2. The van der Waals surface area contributed by atoms with Crippen LogP contribution < -0.4 is 4.90 Å². The van der Waals surface area contributed by atoms with Gasteiger partial charge in [0, 0.05) is 38.0 Å². The maximum atomic E-state index is 13.5. The average Bonchev–Trinajstić information content (AvgIpc) is 3.18. The summed E-state index contributed by atoms with van der Waals surface area (Å²) in [5, 5.41) is 0.652. The lowest BCUT2D eigenvalue weighted by Crippen LogP contribution is -2.43. The number of fused-ring (bicyclic) bond motifs is 1. The standard InChI is InChI=1S/C23H27N3O4S2/c1-16-14-17(2)21-20(15-16)31-23(24-21)26(9-8-25-10-12-30-13-11-25)22(27)18-4-6-19(7-5-18)32(3,28)29/h4-7,14-15H,8-13H2,1-3H3. The number of aryl methyl sites for hydroxylation is 2. The van der Waals surface area contributed by atoms with E-state index in [2.05, 4.69) is 24.0 Å². The van der Waals surface area contributed by atoms with Gasteiger partial charge in [0.05, 0.1) is 28.3 Å². The highest BCUT2D eigenvalue weighted by Crippen LogP contribution is 2.32. The Morgan fingerprint density at radius 2 is 1.84 bits per heavy atom. The monoisotopic (exact) mass is 473 g/mol. The lowest BCUT2D eigenvalue weighted by Gasteiger charge is -2.29. The predicted octanol–water partition coefficient (Wildman–Crippen LogP) is 3.30. The minimum atomic E-state index is -3.32. The topological polar surface area (TPSA) is 79.8 Å². The zero-order chi connectivity index (χ0) is 22.9. The first-order valence-corrected chi connectivity index (χ1v) is 13.2. The number of amides is 1. The molecule has 0 radical (unpaired) electrons. The van der Waals surface area contributed by atoms with Crippen molar-refractivity contribution in [2.45, 2.75) is 18.7 Å². The van der Waals surface area contributed by atoms with E-state index >= 15 is 0 Å². The Balaban J connectivity index is 1.66. The van der Waals surface area contributed by atoms with E-state index in [1.807, 2.05) is 6.92 Å². The van der Waals surface area contributed by atoms with Crippen LogP contribution >= 0.6 is 11.3 Å². The Hall–Kier alpha value is -2.33. The molecule has 0 N–H and O–H groups in total. The van der Waals surface area contributed by atoms with Crippen molar-refractivity contribution >= 4 is 42.4 Å². The van der Waals surface area contributed by atoms with Crippen molar-refractivity contribution in [3.63, 3.8) is 0 Å². The first-order chi connectivity index (χ1) is 15.2. The van der Waals surface area contributed by atoms with Gasteiger partial charge in [-0.3, -0.25) is 14.6 Å². The summed E-state index contributed by atoms with van der Waals surface area (Å²) < 4.78 is 30.1. The van der Waals surface area contributed by atoms with Crippen LogP contribution in [-0.2, 0) is 14.6 Å². The van der Waals surface area contributed by atoms with Gasteiger partial charge in [-0.1, -0.05) is 17.4 Å². The van der Waals surface area contributed by atoms with E-state index in [1.165, 1.54) is 23.5 Å². The first-order valence-electron chi connectivity index (χ1n) is 10.5. The summed E-state index contributed by atoms with van der Waals surface area (Å²) in [6, 6.07) is 10.3. The van der Waals surface area contributed by atoms with Crippen LogP contribution in [0.25, 0.3) is 10.2 Å². The lowest BCUT2D eigenvalue weighted by atomic mass is 10.1. The maximum absolute atomic E-state index is 13.5. The molecule has 1 aliphatic rings. The van der Waals surface area contributed by atoms with Crippen molar-refractivity contribution in [3.05, 3.63) is 53.1 Å². The number of anilines is 1. The minimum Gasteiger partial charge on any atom is -0.379 e. The summed E-state index contributed by atoms with van der Waals surface area (Å²) >= 11 is 1.51. The summed E-state index contributed by atoms with van der Waals surface area (Å²) in [6.07, 6.45) is 1.16. The number of carbonyl (C=O) groups is 1. The molecule has 0 bridgehead atoms. The van der Waals surface area contributed by atoms with Gasteiger partial charge >= 0.3 is 0 Å². The number of sulfone groups is 1. The third-order valence-electron chi connectivity index (χ3n) is 5.57. The average molecular weight is 474 g/mol. The first kappa shape index (κ1) is 22.8. The van der Waals surface area contributed by atoms with Crippen LogP contribution in [0.2, 0.25) is 0 Å². The molecule has 1 aromatic heterocycles. The summed E-state index contributed by atoms with van der Waals surface area (Å²) in [7, 11) is -3.32. The third kappa shape index (κ3) is 5.01. The fourth-order valence-corrected chi connectivity index (χ4v) is 5.62. The van der Waals surface area contributed by atoms with Gasteiger partial charge in [-0.15, -0.1) is 0 Å². The van der Waals surface area contributed by atoms with E-state index < -0.39 is 9.84 Å². The lowest BCUT2D eigenvalue weighted by molar-refractivity contribution is 0.0391. The molecule has 32 heavy (non-hydrogen) atoms. The molecule has 7 nitrogen and oxygen atoms in total. The second-order valence-electron chi connectivity index (χ2n) is 8.13.